The van der Waals surface area contributed by atoms with E-state index in [1.807, 2.05) is 0 Å². The number of hydrogen-bond donors (Lipinski definition) is 0. The highest BCUT2D eigenvalue weighted by molar-refractivity contribution is 5.81. The van der Waals surface area contributed by atoms with Gasteiger partial charge >= 0.3 is 12.1 Å². The largest absolute Gasteiger partial charge is 0.471 e. The maximum atomic E-state index is 11.4. The quantitative estimate of drug-likeness (QED) is 0.501. The smallest absolute Gasteiger partial charge is 0.432 e. The molecule has 0 amide bonds. The van der Waals surface area contributed by atoms with Gasteiger partial charge in [-0.05, 0) is 5.16 Å². The highest BCUT2D eigenvalue weighted by Crippen LogP contribution is 2.20. The van der Waals surface area contributed by atoms with Crippen LogP contribution >= 0.6 is 0 Å². The van der Waals surface area contributed by atoms with Crippen molar-refractivity contribution in [3.05, 3.63) is 0 Å². The molecule has 0 radical (unpaired) electrons. The molecule has 1 aliphatic rings. The van der Waals surface area contributed by atoms with Gasteiger partial charge in [0.25, 0.3) is 6.79 Å². The summed E-state index contributed by atoms with van der Waals surface area (Å²) in [5.74, 6) is -1.32. The first-order valence-electron chi connectivity index (χ1n) is 2.00. The number of ether oxygens (including phenoxy) is 1. The van der Waals surface area contributed by atoms with Crippen molar-refractivity contribution in [3.8, 4) is 0 Å². The van der Waals surface area contributed by atoms with E-state index in [1.165, 1.54) is 0 Å². The lowest BCUT2D eigenvalue weighted by Crippen LogP contribution is -2.22. The molecule has 0 spiro atoms. The van der Waals surface area contributed by atoms with Crippen molar-refractivity contribution in [1.29, 1.82) is 0 Å². The van der Waals surface area contributed by atoms with Gasteiger partial charge in [0, 0.05) is 0 Å². The Bertz CT molecular complexity index is 140. The SMILES string of the molecule is FC(F)(F)C1=NOCO1. The summed E-state index contributed by atoms with van der Waals surface area (Å²) in [4.78, 5) is 3.93. The molecule has 9 heavy (non-hydrogen) atoms. The van der Waals surface area contributed by atoms with Crippen molar-refractivity contribution >= 4 is 5.90 Å². The van der Waals surface area contributed by atoms with Crippen LogP contribution in [0.3, 0.4) is 0 Å². The number of rotatable bonds is 0. The predicted molar refractivity (Wildman–Crippen MR) is 20.5 cm³/mol. The fourth-order valence-electron chi connectivity index (χ4n) is 0.327. The van der Waals surface area contributed by atoms with Crippen LogP contribution in [0.15, 0.2) is 5.16 Å². The Morgan fingerprint density at radius 1 is 1.44 bits per heavy atom. The van der Waals surface area contributed by atoms with Gasteiger partial charge < -0.3 is 9.57 Å². The molecule has 0 bridgehead atoms. The molecule has 1 rings (SSSR count). The zero-order chi connectivity index (χ0) is 6.91. The molecule has 0 aromatic rings. The average Bonchev–Trinajstić information content (AvgIpc) is 2.08. The van der Waals surface area contributed by atoms with Crippen LogP contribution in [0, 0.1) is 0 Å². The molecular weight excluding hydrogens is 139 g/mol. The third-order valence-corrected chi connectivity index (χ3v) is 0.638. The first-order chi connectivity index (χ1) is 4.11. The van der Waals surface area contributed by atoms with E-state index in [4.69, 9.17) is 0 Å². The summed E-state index contributed by atoms with van der Waals surface area (Å²) in [5, 5.41) is 2.58. The van der Waals surface area contributed by atoms with E-state index in [-0.39, 0.29) is 0 Å². The summed E-state index contributed by atoms with van der Waals surface area (Å²) >= 11 is 0. The minimum absolute atomic E-state index is 0.450. The summed E-state index contributed by atoms with van der Waals surface area (Å²) in [7, 11) is 0. The molecule has 1 heterocycles. The van der Waals surface area contributed by atoms with Gasteiger partial charge in [-0.2, -0.15) is 13.2 Å². The predicted octanol–water partition coefficient (Wildman–Crippen LogP) is 0.866. The van der Waals surface area contributed by atoms with Crippen molar-refractivity contribution in [1.82, 2.24) is 0 Å². The van der Waals surface area contributed by atoms with Crippen molar-refractivity contribution < 1.29 is 22.7 Å². The van der Waals surface area contributed by atoms with Crippen molar-refractivity contribution in [2.45, 2.75) is 6.18 Å². The number of oxime groups is 1. The molecule has 0 N–H and O–H groups in total. The molecule has 1 aliphatic heterocycles. The summed E-state index contributed by atoms with van der Waals surface area (Å²) in [5.41, 5.74) is 0. The third kappa shape index (κ3) is 1.24. The standard InChI is InChI=1S/C3H2F3NO2/c4-3(5,6)2-7-9-1-8-2/h1H2. The van der Waals surface area contributed by atoms with Gasteiger partial charge in [0.05, 0.1) is 0 Å². The fourth-order valence-corrected chi connectivity index (χ4v) is 0.327. The minimum atomic E-state index is -4.52. The minimum Gasteiger partial charge on any atom is -0.432 e. The average molecular weight is 141 g/mol. The highest BCUT2D eigenvalue weighted by Gasteiger charge is 2.41. The summed E-state index contributed by atoms with van der Waals surface area (Å²) in [6, 6.07) is 0. The van der Waals surface area contributed by atoms with Gasteiger partial charge in [-0.3, -0.25) is 0 Å². The zero-order valence-corrected chi connectivity index (χ0v) is 4.10. The van der Waals surface area contributed by atoms with E-state index in [0.29, 0.717) is 0 Å². The van der Waals surface area contributed by atoms with E-state index < -0.39 is 18.9 Å². The van der Waals surface area contributed by atoms with Gasteiger partial charge in [0.1, 0.15) is 0 Å². The third-order valence-electron chi connectivity index (χ3n) is 0.638. The molecular formula is C3H2F3NO2. The van der Waals surface area contributed by atoms with Crippen LogP contribution in [0.1, 0.15) is 0 Å². The number of alkyl halides is 3. The Morgan fingerprint density at radius 2 is 2.11 bits per heavy atom. The molecule has 0 aliphatic carbocycles. The summed E-state index contributed by atoms with van der Waals surface area (Å²) < 4.78 is 38.2. The van der Waals surface area contributed by atoms with E-state index in [1.54, 1.807) is 0 Å². The molecule has 0 saturated carbocycles. The molecule has 0 fully saturated rings. The maximum absolute atomic E-state index is 11.4. The van der Waals surface area contributed by atoms with Crippen LogP contribution in [0.2, 0.25) is 0 Å². The topological polar surface area (TPSA) is 30.8 Å². The van der Waals surface area contributed by atoms with Gasteiger partial charge in [-0.15, -0.1) is 0 Å². The van der Waals surface area contributed by atoms with Crippen molar-refractivity contribution in [3.63, 3.8) is 0 Å². The van der Waals surface area contributed by atoms with Crippen molar-refractivity contribution in [2.75, 3.05) is 6.79 Å². The Balaban J connectivity index is 2.61. The number of hydrogen-bond acceptors (Lipinski definition) is 3. The summed E-state index contributed by atoms with van der Waals surface area (Å²) in [6.45, 7) is -0.450. The summed E-state index contributed by atoms with van der Waals surface area (Å²) in [6.07, 6.45) is -4.52. The van der Waals surface area contributed by atoms with E-state index >= 15 is 0 Å². The molecule has 0 atom stereocenters. The normalized spacial score (nSPS) is 18.3. The molecule has 52 valence electrons. The molecule has 0 saturated heterocycles. The lowest BCUT2D eigenvalue weighted by atomic mass is 10.6. The first kappa shape index (κ1) is 6.18. The number of nitrogens with zero attached hydrogens (tertiary/aromatic N) is 1. The number of halogens is 3. The highest BCUT2D eigenvalue weighted by atomic mass is 19.4. The van der Waals surface area contributed by atoms with Crippen LogP contribution in [0.25, 0.3) is 0 Å². The zero-order valence-electron chi connectivity index (χ0n) is 4.10. The second-order valence-corrected chi connectivity index (χ2v) is 1.29. The molecule has 6 heteroatoms. The van der Waals surface area contributed by atoms with Crippen molar-refractivity contribution in [2.24, 2.45) is 5.16 Å². The lowest BCUT2D eigenvalue weighted by molar-refractivity contribution is -0.0771. The van der Waals surface area contributed by atoms with Gasteiger partial charge in [-0.25, -0.2) is 0 Å². The second-order valence-electron chi connectivity index (χ2n) is 1.29. The molecule has 3 nitrogen and oxygen atoms in total. The van der Waals surface area contributed by atoms with E-state index in [9.17, 15) is 13.2 Å². The molecule has 0 unspecified atom stereocenters. The van der Waals surface area contributed by atoms with E-state index in [2.05, 4.69) is 14.7 Å². The van der Waals surface area contributed by atoms with Gasteiger partial charge in [-0.1, -0.05) is 0 Å². The Hall–Kier alpha value is -0.940. The van der Waals surface area contributed by atoms with Gasteiger partial charge in [0.15, 0.2) is 0 Å². The lowest BCUT2D eigenvalue weighted by Gasteiger charge is -2.00. The Labute approximate surface area is 48.0 Å². The molecule has 0 aromatic carbocycles. The Kier molecular flexibility index (Phi) is 1.22. The monoisotopic (exact) mass is 141 g/mol. The van der Waals surface area contributed by atoms with Gasteiger partial charge in [0.2, 0.25) is 0 Å². The maximum Gasteiger partial charge on any atom is 0.471 e. The van der Waals surface area contributed by atoms with Crippen LogP contribution in [0.5, 0.6) is 0 Å². The van der Waals surface area contributed by atoms with Crippen LogP contribution in [-0.4, -0.2) is 18.9 Å². The van der Waals surface area contributed by atoms with Crippen LogP contribution in [-0.2, 0) is 9.57 Å². The molecule has 0 aromatic heterocycles. The fraction of sp³-hybridized carbons (Fsp3) is 0.667. The first-order valence-corrected chi connectivity index (χ1v) is 2.00. The second kappa shape index (κ2) is 1.78. The van der Waals surface area contributed by atoms with Crippen LogP contribution < -0.4 is 0 Å². The van der Waals surface area contributed by atoms with Crippen LogP contribution in [0.4, 0.5) is 13.2 Å². The Morgan fingerprint density at radius 3 is 2.33 bits per heavy atom. The van der Waals surface area contributed by atoms with E-state index in [0.717, 1.165) is 0 Å².